The first-order valence-electron chi connectivity index (χ1n) is 8.09. The molecule has 2 heterocycles. The van der Waals surface area contributed by atoms with Crippen molar-refractivity contribution in [3.63, 3.8) is 0 Å². The zero-order valence-corrected chi connectivity index (χ0v) is 15.2. The summed E-state index contributed by atoms with van der Waals surface area (Å²) in [6.45, 7) is 4.13. The number of ether oxygens (including phenoxy) is 1. The third-order valence-electron chi connectivity index (χ3n) is 3.71. The highest BCUT2D eigenvalue weighted by Gasteiger charge is 2.15. The molecule has 1 N–H and O–H groups in total. The standard InChI is InChI=1S/C19H17N3O3S/c1-3-15-12(2)26-19(21-15)22-18(23)17-9-8-14(25-17)11-24-16-7-5-4-6-13(16)10-20/h4-9H,3,11H2,1-2H3,(H,21,22,23). The number of amides is 1. The van der Waals surface area contributed by atoms with E-state index in [0.717, 1.165) is 17.0 Å². The highest BCUT2D eigenvalue weighted by Crippen LogP contribution is 2.23. The first-order chi connectivity index (χ1) is 12.6. The minimum atomic E-state index is -0.356. The number of para-hydroxylation sites is 1. The summed E-state index contributed by atoms with van der Waals surface area (Å²) in [6.07, 6.45) is 0.824. The Kier molecular flexibility index (Phi) is 5.34. The molecule has 3 aromatic rings. The van der Waals surface area contributed by atoms with Gasteiger partial charge in [-0.2, -0.15) is 5.26 Å². The Bertz CT molecular complexity index is 969. The lowest BCUT2D eigenvalue weighted by Gasteiger charge is -2.05. The molecule has 0 saturated heterocycles. The van der Waals surface area contributed by atoms with Gasteiger partial charge in [-0.3, -0.25) is 10.1 Å². The van der Waals surface area contributed by atoms with E-state index in [1.165, 1.54) is 11.3 Å². The molecule has 1 aromatic carbocycles. The number of benzene rings is 1. The average molecular weight is 367 g/mol. The van der Waals surface area contributed by atoms with E-state index < -0.39 is 0 Å². The smallest absolute Gasteiger partial charge is 0.293 e. The molecule has 0 bridgehead atoms. The fourth-order valence-corrected chi connectivity index (χ4v) is 3.28. The van der Waals surface area contributed by atoms with Crippen LogP contribution in [0.25, 0.3) is 0 Å². The fraction of sp³-hybridized carbons (Fsp3) is 0.211. The third kappa shape index (κ3) is 3.92. The van der Waals surface area contributed by atoms with Gasteiger partial charge in [-0.15, -0.1) is 11.3 Å². The van der Waals surface area contributed by atoms with Crippen LogP contribution in [0.1, 0.15) is 39.4 Å². The van der Waals surface area contributed by atoms with Crippen LogP contribution in [0.5, 0.6) is 5.75 Å². The summed E-state index contributed by atoms with van der Waals surface area (Å²) in [4.78, 5) is 17.8. The number of nitrogens with zero attached hydrogens (tertiary/aromatic N) is 2. The first-order valence-corrected chi connectivity index (χ1v) is 8.90. The van der Waals surface area contributed by atoms with Crippen LogP contribution < -0.4 is 10.1 Å². The van der Waals surface area contributed by atoms with Crippen molar-refractivity contribution in [3.05, 3.63) is 64.1 Å². The highest BCUT2D eigenvalue weighted by molar-refractivity contribution is 7.15. The molecule has 0 aliphatic rings. The molecule has 7 heteroatoms. The van der Waals surface area contributed by atoms with Crippen molar-refractivity contribution in [1.29, 1.82) is 5.26 Å². The number of thiazole rings is 1. The van der Waals surface area contributed by atoms with Gasteiger partial charge in [-0.1, -0.05) is 19.1 Å². The van der Waals surface area contributed by atoms with Crippen LogP contribution in [0.2, 0.25) is 0 Å². The van der Waals surface area contributed by atoms with E-state index >= 15 is 0 Å². The van der Waals surface area contributed by atoms with Crippen molar-refractivity contribution in [2.75, 3.05) is 5.32 Å². The summed E-state index contributed by atoms with van der Waals surface area (Å²) >= 11 is 1.44. The summed E-state index contributed by atoms with van der Waals surface area (Å²) in [7, 11) is 0. The minimum absolute atomic E-state index is 0.127. The van der Waals surface area contributed by atoms with E-state index in [1.54, 1.807) is 36.4 Å². The van der Waals surface area contributed by atoms with Crippen LogP contribution in [0, 0.1) is 18.3 Å². The average Bonchev–Trinajstić information content (AvgIpc) is 3.26. The topological polar surface area (TPSA) is 88.1 Å². The summed E-state index contributed by atoms with van der Waals surface area (Å²) in [5.41, 5.74) is 1.43. The number of aromatic nitrogens is 1. The third-order valence-corrected chi connectivity index (χ3v) is 4.64. The molecule has 3 rings (SSSR count). The quantitative estimate of drug-likeness (QED) is 0.701. The molecule has 0 fully saturated rings. The highest BCUT2D eigenvalue weighted by atomic mass is 32.1. The van der Waals surface area contributed by atoms with E-state index in [2.05, 4.69) is 16.4 Å². The molecule has 6 nitrogen and oxygen atoms in total. The monoisotopic (exact) mass is 367 g/mol. The maximum Gasteiger partial charge on any atom is 0.293 e. The number of nitrogens with one attached hydrogen (secondary N) is 1. The molecule has 0 aliphatic carbocycles. The maximum atomic E-state index is 12.3. The number of carbonyl (C=O) groups is 1. The Hall–Kier alpha value is -3.11. The molecule has 2 aromatic heterocycles. The van der Waals surface area contributed by atoms with Crippen LogP contribution in [0.3, 0.4) is 0 Å². The van der Waals surface area contributed by atoms with Crippen LogP contribution in [-0.2, 0) is 13.0 Å². The Morgan fingerprint density at radius 3 is 2.88 bits per heavy atom. The zero-order chi connectivity index (χ0) is 18.5. The van der Waals surface area contributed by atoms with Gasteiger partial charge in [0.05, 0.1) is 11.3 Å². The lowest BCUT2D eigenvalue weighted by Crippen LogP contribution is -2.10. The molecule has 26 heavy (non-hydrogen) atoms. The Labute approximate surface area is 155 Å². The molecular weight excluding hydrogens is 350 g/mol. The SMILES string of the molecule is CCc1nc(NC(=O)c2ccc(COc3ccccc3C#N)o2)sc1C. The fourth-order valence-electron chi connectivity index (χ4n) is 2.38. The predicted molar refractivity (Wildman–Crippen MR) is 98.4 cm³/mol. The summed E-state index contributed by atoms with van der Waals surface area (Å²) in [5, 5.41) is 12.4. The second-order valence-electron chi connectivity index (χ2n) is 5.49. The van der Waals surface area contributed by atoms with E-state index in [0.29, 0.717) is 22.2 Å². The second kappa shape index (κ2) is 7.85. The van der Waals surface area contributed by atoms with Gasteiger partial charge in [-0.05, 0) is 37.6 Å². The first kappa shape index (κ1) is 17.7. The van der Waals surface area contributed by atoms with Crippen molar-refractivity contribution in [3.8, 4) is 11.8 Å². The van der Waals surface area contributed by atoms with Crippen LogP contribution in [-0.4, -0.2) is 10.9 Å². The van der Waals surface area contributed by atoms with E-state index in [9.17, 15) is 4.79 Å². The predicted octanol–water partition coefficient (Wildman–Crippen LogP) is 4.31. The number of carbonyl (C=O) groups excluding carboxylic acids is 1. The van der Waals surface area contributed by atoms with Gasteiger partial charge in [0.15, 0.2) is 10.9 Å². The number of nitriles is 1. The number of anilines is 1. The van der Waals surface area contributed by atoms with Gasteiger partial charge in [0.2, 0.25) is 0 Å². The number of hydrogen-bond donors (Lipinski definition) is 1. The van der Waals surface area contributed by atoms with Crippen molar-refractivity contribution in [1.82, 2.24) is 4.98 Å². The van der Waals surface area contributed by atoms with Gasteiger partial charge in [-0.25, -0.2) is 4.98 Å². The van der Waals surface area contributed by atoms with Gasteiger partial charge in [0.25, 0.3) is 5.91 Å². The lowest BCUT2D eigenvalue weighted by molar-refractivity contribution is 0.0992. The van der Waals surface area contributed by atoms with Crippen LogP contribution in [0.4, 0.5) is 5.13 Å². The van der Waals surface area contributed by atoms with Crippen molar-refractivity contribution < 1.29 is 13.9 Å². The van der Waals surface area contributed by atoms with E-state index in [4.69, 9.17) is 14.4 Å². The van der Waals surface area contributed by atoms with Gasteiger partial charge >= 0.3 is 0 Å². The molecule has 0 aliphatic heterocycles. The summed E-state index contributed by atoms with van der Waals surface area (Å²) < 4.78 is 11.1. The normalized spacial score (nSPS) is 10.3. The molecule has 0 radical (unpaired) electrons. The van der Waals surface area contributed by atoms with Crippen molar-refractivity contribution in [2.24, 2.45) is 0 Å². The Balaban J connectivity index is 1.63. The number of rotatable bonds is 6. The maximum absolute atomic E-state index is 12.3. The Morgan fingerprint density at radius 1 is 1.35 bits per heavy atom. The van der Waals surface area contributed by atoms with Gasteiger partial charge < -0.3 is 9.15 Å². The molecule has 1 amide bonds. The molecule has 0 unspecified atom stereocenters. The molecule has 0 atom stereocenters. The zero-order valence-electron chi connectivity index (χ0n) is 14.4. The van der Waals surface area contributed by atoms with Crippen molar-refractivity contribution in [2.45, 2.75) is 26.9 Å². The van der Waals surface area contributed by atoms with Crippen molar-refractivity contribution >= 4 is 22.4 Å². The second-order valence-corrected chi connectivity index (χ2v) is 6.70. The van der Waals surface area contributed by atoms with Gasteiger partial charge in [0.1, 0.15) is 24.2 Å². The van der Waals surface area contributed by atoms with E-state index in [-0.39, 0.29) is 18.3 Å². The molecule has 0 saturated carbocycles. The number of hydrogen-bond acceptors (Lipinski definition) is 6. The van der Waals surface area contributed by atoms with Gasteiger partial charge in [0, 0.05) is 4.88 Å². The van der Waals surface area contributed by atoms with Crippen LogP contribution >= 0.6 is 11.3 Å². The molecule has 0 spiro atoms. The van der Waals surface area contributed by atoms with Crippen LogP contribution in [0.15, 0.2) is 40.8 Å². The number of furan rings is 1. The van der Waals surface area contributed by atoms with E-state index in [1.807, 2.05) is 13.8 Å². The minimum Gasteiger partial charge on any atom is -0.484 e. The summed E-state index contributed by atoms with van der Waals surface area (Å²) in [6, 6.07) is 12.3. The lowest BCUT2D eigenvalue weighted by atomic mass is 10.2. The Morgan fingerprint density at radius 2 is 2.15 bits per heavy atom. The molecule has 132 valence electrons. The molecular formula is C19H17N3O3S. The largest absolute Gasteiger partial charge is 0.484 e. The summed E-state index contributed by atoms with van der Waals surface area (Å²) in [5.74, 6) is 0.795. The number of aryl methyl sites for hydroxylation is 2.